The average molecular weight is 625 g/mol. The maximum Gasteiger partial charge on any atom is 0.387 e. The lowest BCUT2D eigenvalue weighted by molar-refractivity contribution is -0.115. The summed E-state index contributed by atoms with van der Waals surface area (Å²) >= 11 is 6.22. The first-order valence-corrected chi connectivity index (χ1v) is 13.5. The summed E-state index contributed by atoms with van der Waals surface area (Å²) in [6.45, 7) is -3.40. The Morgan fingerprint density at radius 1 is 1.12 bits per heavy atom. The number of aromatic nitrogens is 1. The summed E-state index contributed by atoms with van der Waals surface area (Å²) in [4.78, 5) is 32.7. The van der Waals surface area contributed by atoms with Crippen molar-refractivity contribution >= 4 is 29.6 Å². The van der Waals surface area contributed by atoms with E-state index in [0.29, 0.717) is 17.0 Å². The van der Waals surface area contributed by atoms with Crippen LogP contribution in [-0.2, 0) is 4.79 Å². The third-order valence-electron chi connectivity index (χ3n) is 6.18. The highest BCUT2D eigenvalue weighted by molar-refractivity contribution is 6.32. The Morgan fingerprint density at radius 3 is 2.24 bits per heavy atom. The number of halogens is 6. The molecule has 1 N–H and O–H groups in total. The average Bonchev–Trinajstić information content (AvgIpc) is 2.92. The number of hydrogen-bond donors (Lipinski definition) is 1. The molecule has 2 aromatic rings. The van der Waals surface area contributed by atoms with E-state index in [4.69, 9.17) is 16.7 Å². The van der Waals surface area contributed by atoms with Gasteiger partial charge in [0.05, 0.1) is 5.56 Å². The van der Waals surface area contributed by atoms with Crippen LogP contribution in [0.1, 0.15) is 47.7 Å². The van der Waals surface area contributed by atoms with Crippen LogP contribution >= 0.6 is 11.6 Å². The molecule has 42 heavy (non-hydrogen) atoms. The number of aliphatic hydroxyl groups is 1. The number of benzene rings is 1. The van der Waals surface area contributed by atoms with Crippen molar-refractivity contribution in [2.24, 2.45) is 5.92 Å². The van der Waals surface area contributed by atoms with Crippen molar-refractivity contribution in [1.29, 1.82) is 0 Å². The standard InChI is InChI=1S/C18H29ClN4O.C9H8F2O3.CHF3/c1-21(2)11-5-6-14-9-12-23(13-10-14)16-8-7-15(17(19)20-16)18(24)22(3)4;10-9(11)14-7-3-1-2-6(4-7)8(13)5-12;2-1(3)4/h7-8,14H,5-6,9-13H2,1-4H3;1-5,8-9,13H;1H. The lowest BCUT2D eigenvalue weighted by Crippen LogP contribution is -2.34. The fourth-order valence-corrected chi connectivity index (χ4v) is 4.33. The number of rotatable bonds is 10. The topological polar surface area (TPSA) is 86.2 Å². The zero-order chi connectivity index (χ0) is 31.8. The third kappa shape index (κ3) is 14.2. The lowest BCUT2D eigenvalue weighted by Gasteiger charge is -2.33. The molecule has 0 radical (unpaired) electrons. The Labute approximate surface area is 248 Å². The van der Waals surface area contributed by atoms with E-state index in [0.717, 1.165) is 24.8 Å². The summed E-state index contributed by atoms with van der Waals surface area (Å²) in [5, 5.41) is 9.37. The first kappa shape index (κ1) is 37.0. The van der Waals surface area contributed by atoms with Crippen molar-refractivity contribution in [3.05, 3.63) is 52.7 Å². The monoisotopic (exact) mass is 624 g/mol. The molecule has 1 aliphatic heterocycles. The largest absolute Gasteiger partial charge is 0.435 e. The number of piperidine rings is 1. The Balaban J connectivity index is 0.000000413. The van der Waals surface area contributed by atoms with E-state index >= 15 is 0 Å². The highest BCUT2D eigenvalue weighted by Gasteiger charge is 2.22. The van der Waals surface area contributed by atoms with Gasteiger partial charge in [-0.15, -0.1) is 0 Å². The molecule has 1 aromatic carbocycles. The molecule has 1 amide bonds. The minimum atomic E-state index is -3.67. The molecule has 0 bridgehead atoms. The van der Waals surface area contributed by atoms with Gasteiger partial charge in [-0.1, -0.05) is 23.7 Å². The number of alkyl halides is 5. The number of carbonyl (C=O) groups excluding carboxylic acids is 2. The van der Waals surface area contributed by atoms with E-state index in [2.05, 4.69) is 33.6 Å². The van der Waals surface area contributed by atoms with Gasteiger partial charge in [0.2, 0.25) is 0 Å². The SMILES string of the molecule is CN(C)CCCC1CCN(c2ccc(C(=O)N(C)C)c(Cl)n2)CC1.FC(F)F.O=CC(O)c1cccc(OC(F)F)c1. The van der Waals surface area contributed by atoms with E-state index in [1.165, 1.54) is 61.4 Å². The Hall–Kier alpha value is -3.03. The van der Waals surface area contributed by atoms with Gasteiger partial charge in [0, 0.05) is 27.2 Å². The Morgan fingerprint density at radius 2 is 1.74 bits per heavy atom. The maximum absolute atomic E-state index is 12.0. The summed E-state index contributed by atoms with van der Waals surface area (Å²) in [5.74, 6) is 1.49. The predicted molar refractivity (Wildman–Crippen MR) is 151 cm³/mol. The number of hydrogen-bond acceptors (Lipinski definition) is 7. The fraction of sp³-hybridized carbons (Fsp3) is 0.536. The number of nitrogens with zero attached hydrogens (tertiary/aromatic N) is 4. The maximum atomic E-state index is 12.0. The molecule has 0 aliphatic carbocycles. The number of anilines is 1. The number of ether oxygens (including phenoxy) is 1. The molecule has 0 saturated carbocycles. The van der Waals surface area contributed by atoms with Crippen LogP contribution in [0.4, 0.5) is 27.8 Å². The second-order valence-electron chi connectivity index (χ2n) is 9.86. The molecule has 2 heterocycles. The molecule has 0 spiro atoms. The molecule has 8 nitrogen and oxygen atoms in total. The number of amides is 1. The van der Waals surface area contributed by atoms with Crippen molar-refractivity contribution in [1.82, 2.24) is 14.8 Å². The molecule has 1 fully saturated rings. The van der Waals surface area contributed by atoms with Crippen LogP contribution in [0.2, 0.25) is 5.15 Å². The number of aldehydes is 1. The van der Waals surface area contributed by atoms with Crippen LogP contribution < -0.4 is 9.64 Å². The van der Waals surface area contributed by atoms with E-state index in [-0.39, 0.29) is 17.2 Å². The highest BCUT2D eigenvalue weighted by atomic mass is 35.5. The molecular formula is C28H38ClF5N4O4. The van der Waals surface area contributed by atoms with Crippen LogP contribution in [0.25, 0.3) is 0 Å². The van der Waals surface area contributed by atoms with E-state index in [9.17, 15) is 31.5 Å². The van der Waals surface area contributed by atoms with Crippen LogP contribution in [0.15, 0.2) is 36.4 Å². The molecular weight excluding hydrogens is 587 g/mol. The van der Waals surface area contributed by atoms with Gasteiger partial charge in [-0.05, 0) is 82.1 Å². The predicted octanol–water partition coefficient (Wildman–Crippen LogP) is 5.69. The number of carbonyl (C=O) groups is 2. The molecule has 14 heteroatoms. The van der Waals surface area contributed by atoms with Gasteiger partial charge < -0.3 is 29.3 Å². The normalized spacial score (nSPS) is 14.1. The second-order valence-corrected chi connectivity index (χ2v) is 10.2. The zero-order valence-corrected chi connectivity index (χ0v) is 24.8. The molecule has 1 aliphatic rings. The molecule has 1 aromatic heterocycles. The molecule has 1 saturated heterocycles. The third-order valence-corrected chi connectivity index (χ3v) is 6.47. The van der Waals surface area contributed by atoms with Crippen LogP contribution in [0.3, 0.4) is 0 Å². The summed E-state index contributed by atoms with van der Waals surface area (Å²) in [7, 11) is 7.69. The first-order chi connectivity index (χ1) is 19.7. The Bertz CT molecular complexity index is 1090. The quantitative estimate of drug-likeness (QED) is 0.206. The Kier molecular flexibility index (Phi) is 16.9. The second kappa shape index (κ2) is 19.2. The number of aliphatic hydroxyl groups excluding tert-OH is 1. The van der Waals surface area contributed by atoms with Gasteiger partial charge >= 0.3 is 13.3 Å². The fourth-order valence-electron chi connectivity index (χ4n) is 4.10. The number of pyridine rings is 1. The van der Waals surface area contributed by atoms with Gasteiger partial charge in [0.25, 0.3) is 5.91 Å². The summed E-state index contributed by atoms with van der Waals surface area (Å²) in [5.41, 5.74) is 0.683. The molecule has 236 valence electrons. The highest BCUT2D eigenvalue weighted by Crippen LogP contribution is 2.27. The minimum absolute atomic E-state index is 0.0848. The van der Waals surface area contributed by atoms with Crippen molar-refractivity contribution in [3.8, 4) is 5.75 Å². The van der Waals surface area contributed by atoms with Gasteiger partial charge in [-0.25, -0.2) is 4.98 Å². The van der Waals surface area contributed by atoms with Crippen LogP contribution in [-0.4, -0.2) is 93.2 Å². The summed E-state index contributed by atoms with van der Waals surface area (Å²) in [6.07, 6.45) is 3.97. The summed E-state index contributed by atoms with van der Waals surface area (Å²) < 4.78 is 56.7. The zero-order valence-electron chi connectivity index (χ0n) is 24.0. The molecule has 1 atom stereocenters. The van der Waals surface area contributed by atoms with Crippen LogP contribution in [0.5, 0.6) is 5.75 Å². The minimum Gasteiger partial charge on any atom is -0.435 e. The molecule has 3 rings (SSSR count). The van der Waals surface area contributed by atoms with Gasteiger partial charge in [0.1, 0.15) is 22.8 Å². The first-order valence-electron chi connectivity index (χ1n) is 13.1. The van der Waals surface area contributed by atoms with Crippen LogP contribution in [0, 0.1) is 5.92 Å². The lowest BCUT2D eigenvalue weighted by atomic mass is 9.92. The van der Waals surface area contributed by atoms with Gasteiger partial charge in [-0.2, -0.15) is 22.0 Å². The summed E-state index contributed by atoms with van der Waals surface area (Å²) in [6, 6.07) is 9.06. The van der Waals surface area contributed by atoms with E-state index < -0.39 is 19.4 Å². The van der Waals surface area contributed by atoms with Gasteiger partial charge in [-0.3, -0.25) is 4.79 Å². The van der Waals surface area contributed by atoms with Crippen molar-refractivity contribution in [3.63, 3.8) is 0 Å². The van der Waals surface area contributed by atoms with Gasteiger partial charge in [0.15, 0.2) is 6.29 Å². The van der Waals surface area contributed by atoms with Crippen molar-refractivity contribution in [2.45, 2.75) is 45.1 Å². The van der Waals surface area contributed by atoms with E-state index in [1.807, 2.05) is 6.07 Å². The molecule has 1 unspecified atom stereocenters. The van der Waals surface area contributed by atoms with E-state index in [1.54, 1.807) is 20.2 Å². The van der Waals surface area contributed by atoms with Crippen molar-refractivity contribution in [2.75, 3.05) is 52.7 Å². The smallest absolute Gasteiger partial charge is 0.387 e. The van der Waals surface area contributed by atoms with Crippen molar-refractivity contribution < 1.29 is 41.4 Å².